The van der Waals surface area contributed by atoms with Crippen LogP contribution in [0.1, 0.15) is 17.5 Å². The molecule has 2 N–H and O–H groups in total. The Bertz CT molecular complexity index is 826. The molecule has 4 nitrogen and oxygen atoms in total. The van der Waals surface area contributed by atoms with E-state index in [2.05, 4.69) is 15.6 Å². The molecule has 0 bridgehead atoms. The summed E-state index contributed by atoms with van der Waals surface area (Å²) < 4.78 is 37.9. The van der Waals surface area contributed by atoms with Crippen LogP contribution in [0.3, 0.4) is 0 Å². The Morgan fingerprint density at radius 1 is 1.35 bits per heavy atom. The quantitative estimate of drug-likeness (QED) is 0.794. The number of carbonyl (C=O) groups excluding carboxylic acids is 1. The Balaban J connectivity index is 1.64. The van der Waals surface area contributed by atoms with Gasteiger partial charge in [0.15, 0.2) is 0 Å². The van der Waals surface area contributed by atoms with E-state index in [-0.39, 0.29) is 18.7 Å². The average molecular weight is 384 g/mol. The van der Waals surface area contributed by atoms with Crippen molar-refractivity contribution in [3.63, 3.8) is 0 Å². The number of anilines is 2. The van der Waals surface area contributed by atoms with Crippen molar-refractivity contribution in [2.24, 2.45) is 5.92 Å². The maximum Gasteiger partial charge on any atom is 0.393 e. The summed E-state index contributed by atoms with van der Waals surface area (Å²) in [4.78, 5) is 16.2. The highest BCUT2D eigenvalue weighted by Gasteiger charge is 2.55. The van der Waals surface area contributed by atoms with Gasteiger partial charge in [-0.2, -0.15) is 13.2 Å². The largest absolute Gasteiger partial charge is 0.393 e. The maximum atomic E-state index is 12.6. The SMILES string of the molecule is Cc1ccncc1NC(=O)Cc1cc(Cl)cc(NC2CC2C(F)(F)F)c1. The number of hydrogen-bond acceptors (Lipinski definition) is 3. The van der Waals surface area contributed by atoms with Gasteiger partial charge in [-0.15, -0.1) is 0 Å². The van der Waals surface area contributed by atoms with E-state index in [9.17, 15) is 18.0 Å². The van der Waals surface area contributed by atoms with Gasteiger partial charge in [0.05, 0.1) is 24.2 Å². The molecule has 1 aromatic heterocycles. The van der Waals surface area contributed by atoms with Crippen LogP contribution in [-0.2, 0) is 11.2 Å². The molecule has 1 aliphatic carbocycles. The van der Waals surface area contributed by atoms with Crippen LogP contribution >= 0.6 is 11.6 Å². The van der Waals surface area contributed by atoms with Gasteiger partial charge >= 0.3 is 6.18 Å². The van der Waals surface area contributed by atoms with E-state index in [4.69, 9.17) is 11.6 Å². The van der Waals surface area contributed by atoms with Crippen molar-refractivity contribution < 1.29 is 18.0 Å². The van der Waals surface area contributed by atoms with Crippen molar-refractivity contribution in [2.45, 2.75) is 32.0 Å². The van der Waals surface area contributed by atoms with Crippen molar-refractivity contribution in [2.75, 3.05) is 10.6 Å². The zero-order chi connectivity index (χ0) is 18.9. The molecule has 1 saturated carbocycles. The molecular weight excluding hydrogens is 367 g/mol. The zero-order valence-corrected chi connectivity index (χ0v) is 14.7. The number of rotatable bonds is 5. The summed E-state index contributed by atoms with van der Waals surface area (Å²) >= 11 is 6.05. The molecule has 1 fully saturated rings. The summed E-state index contributed by atoms with van der Waals surface area (Å²) in [5.41, 5.74) is 2.59. The normalized spacial score (nSPS) is 19.1. The first kappa shape index (κ1) is 18.5. The molecule has 0 aliphatic heterocycles. The van der Waals surface area contributed by atoms with E-state index in [1.807, 2.05) is 6.92 Å². The molecule has 2 atom stereocenters. The lowest BCUT2D eigenvalue weighted by Crippen LogP contribution is -2.18. The predicted octanol–water partition coefficient (Wildman–Crippen LogP) is 4.59. The number of nitrogens with one attached hydrogen (secondary N) is 2. The molecular formula is C18H17ClF3N3O. The topological polar surface area (TPSA) is 54.0 Å². The second-order valence-electron chi connectivity index (χ2n) is 6.40. The first-order valence-corrected chi connectivity index (χ1v) is 8.43. The van der Waals surface area contributed by atoms with Gasteiger partial charge in [0.25, 0.3) is 0 Å². The van der Waals surface area contributed by atoms with Crippen LogP contribution in [0, 0.1) is 12.8 Å². The second-order valence-corrected chi connectivity index (χ2v) is 6.83. The van der Waals surface area contributed by atoms with E-state index >= 15 is 0 Å². The number of pyridine rings is 1. The van der Waals surface area contributed by atoms with Crippen molar-refractivity contribution in [1.82, 2.24) is 4.98 Å². The van der Waals surface area contributed by atoms with Gasteiger partial charge in [-0.05, 0) is 48.7 Å². The van der Waals surface area contributed by atoms with Gasteiger partial charge in [-0.3, -0.25) is 9.78 Å². The molecule has 2 aromatic rings. The van der Waals surface area contributed by atoms with Gasteiger partial charge in [0.2, 0.25) is 5.91 Å². The monoisotopic (exact) mass is 383 g/mol. The van der Waals surface area contributed by atoms with Crippen LogP contribution in [0.5, 0.6) is 0 Å². The van der Waals surface area contributed by atoms with Gasteiger partial charge in [0, 0.05) is 22.9 Å². The summed E-state index contributed by atoms with van der Waals surface area (Å²) in [5, 5.41) is 5.96. The van der Waals surface area contributed by atoms with Gasteiger partial charge < -0.3 is 10.6 Å². The third-order valence-electron chi connectivity index (χ3n) is 4.20. The Kier molecular flexibility index (Phi) is 5.09. The van der Waals surface area contributed by atoms with Crippen molar-refractivity contribution >= 4 is 28.9 Å². The van der Waals surface area contributed by atoms with E-state index in [1.54, 1.807) is 36.7 Å². The number of benzene rings is 1. The standard InChI is InChI=1S/C18H17ClF3N3O/c1-10-2-3-23-9-16(10)25-17(26)6-11-4-12(19)7-13(5-11)24-15-8-14(15)18(20,21)22/h2-5,7,9,14-15,24H,6,8H2,1H3,(H,25,26). The number of carbonyl (C=O) groups is 1. The second kappa shape index (κ2) is 7.15. The highest BCUT2D eigenvalue weighted by molar-refractivity contribution is 6.31. The van der Waals surface area contributed by atoms with Crippen molar-refractivity contribution in [3.05, 3.63) is 52.8 Å². The van der Waals surface area contributed by atoms with E-state index in [1.165, 1.54) is 0 Å². The van der Waals surface area contributed by atoms with Gasteiger partial charge in [-0.1, -0.05) is 11.6 Å². The van der Waals surface area contributed by atoms with Crippen molar-refractivity contribution in [3.8, 4) is 0 Å². The molecule has 1 amide bonds. The fourth-order valence-electron chi connectivity index (χ4n) is 2.74. The molecule has 1 heterocycles. The summed E-state index contributed by atoms with van der Waals surface area (Å²) in [6.07, 6.45) is -0.905. The Hall–Kier alpha value is -2.28. The van der Waals surface area contributed by atoms with E-state index in [0.717, 1.165) is 5.56 Å². The molecule has 138 valence electrons. The molecule has 1 aliphatic rings. The van der Waals surface area contributed by atoms with Crippen molar-refractivity contribution in [1.29, 1.82) is 0 Å². The number of alkyl halides is 3. The predicted molar refractivity (Wildman–Crippen MR) is 94.3 cm³/mol. The minimum Gasteiger partial charge on any atom is -0.382 e. The fourth-order valence-corrected chi connectivity index (χ4v) is 3.00. The summed E-state index contributed by atoms with van der Waals surface area (Å²) in [7, 11) is 0. The lowest BCUT2D eigenvalue weighted by atomic mass is 10.1. The lowest BCUT2D eigenvalue weighted by molar-refractivity contribution is -0.147. The number of aromatic nitrogens is 1. The Morgan fingerprint density at radius 3 is 2.77 bits per heavy atom. The lowest BCUT2D eigenvalue weighted by Gasteiger charge is -2.11. The number of amides is 1. The van der Waals surface area contributed by atoms with Gasteiger partial charge in [0.1, 0.15) is 0 Å². The molecule has 8 heteroatoms. The van der Waals surface area contributed by atoms with Crippen LogP contribution in [-0.4, -0.2) is 23.1 Å². The van der Waals surface area contributed by atoms with Crippen LogP contribution in [0.4, 0.5) is 24.5 Å². The number of halogens is 4. The highest BCUT2D eigenvalue weighted by atomic mass is 35.5. The molecule has 0 radical (unpaired) electrons. The minimum atomic E-state index is -4.19. The summed E-state index contributed by atoms with van der Waals surface area (Å²) in [6.45, 7) is 1.85. The summed E-state index contributed by atoms with van der Waals surface area (Å²) in [6, 6.07) is 5.96. The van der Waals surface area contributed by atoms with Crippen LogP contribution in [0.15, 0.2) is 36.7 Å². The molecule has 0 spiro atoms. The maximum absolute atomic E-state index is 12.6. The van der Waals surface area contributed by atoms with E-state index < -0.39 is 18.1 Å². The fraction of sp³-hybridized carbons (Fsp3) is 0.333. The highest BCUT2D eigenvalue weighted by Crippen LogP contribution is 2.46. The third-order valence-corrected chi connectivity index (χ3v) is 4.42. The minimum absolute atomic E-state index is 0.0477. The average Bonchev–Trinajstić information content (AvgIpc) is 3.28. The molecule has 1 aromatic carbocycles. The summed E-state index contributed by atoms with van der Waals surface area (Å²) in [5.74, 6) is -1.59. The molecule has 0 saturated heterocycles. The van der Waals surface area contributed by atoms with Crippen LogP contribution in [0.2, 0.25) is 5.02 Å². The first-order chi connectivity index (χ1) is 12.2. The van der Waals surface area contributed by atoms with E-state index in [0.29, 0.717) is 22.0 Å². The number of nitrogens with zero attached hydrogens (tertiary/aromatic N) is 1. The van der Waals surface area contributed by atoms with Crippen LogP contribution < -0.4 is 10.6 Å². The first-order valence-electron chi connectivity index (χ1n) is 8.05. The number of aryl methyl sites for hydroxylation is 1. The molecule has 3 rings (SSSR count). The zero-order valence-electron chi connectivity index (χ0n) is 13.9. The molecule has 26 heavy (non-hydrogen) atoms. The van der Waals surface area contributed by atoms with Gasteiger partial charge in [-0.25, -0.2) is 0 Å². The van der Waals surface area contributed by atoms with Crippen LogP contribution in [0.25, 0.3) is 0 Å². The molecule has 2 unspecified atom stereocenters. The Morgan fingerprint density at radius 2 is 2.12 bits per heavy atom. The smallest absolute Gasteiger partial charge is 0.382 e. The third kappa shape index (κ3) is 4.66. The Labute approximate surface area is 153 Å². The number of hydrogen-bond donors (Lipinski definition) is 2.